The summed E-state index contributed by atoms with van der Waals surface area (Å²) in [7, 11) is -2.94. The summed E-state index contributed by atoms with van der Waals surface area (Å²) in [6, 6.07) is 3.99. The lowest BCUT2D eigenvalue weighted by atomic mass is 10.1. The Hall–Kier alpha value is -1.61. The Morgan fingerprint density at radius 3 is 2.22 bits per heavy atom. The zero-order valence-corrected chi connectivity index (χ0v) is 13.1. The number of halogens is 3. The standard InChI is InChI=1S/C14H17F3N2O3S/c15-14(16,17)12-3-1-11(2-4-12)13(20)18-5-6-19-7-9-23(21,22)10-8-19/h1-4H,5-10H2,(H,18,20). The fourth-order valence-corrected chi connectivity index (χ4v) is 3.49. The van der Waals surface area contributed by atoms with E-state index in [1.54, 1.807) is 0 Å². The number of amides is 1. The molecule has 1 heterocycles. The van der Waals surface area contributed by atoms with Gasteiger partial charge >= 0.3 is 6.18 Å². The molecular weight excluding hydrogens is 333 g/mol. The summed E-state index contributed by atoms with van der Waals surface area (Å²) < 4.78 is 59.9. The highest BCUT2D eigenvalue weighted by molar-refractivity contribution is 7.91. The second kappa shape index (κ2) is 6.88. The SMILES string of the molecule is O=C(NCCN1CCS(=O)(=O)CC1)c1ccc(C(F)(F)F)cc1. The molecule has 0 atom stereocenters. The first-order valence-corrected chi connectivity index (χ1v) is 8.88. The molecule has 1 aromatic rings. The Morgan fingerprint density at radius 1 is 1.13 bits per heavy atom. The minimum atomic E-state index is -4.43. The number of hydrogen-bond acceptors (Lipinski definition) is 4. The number of carbonyl (C=O) groups is 1. The van der Waals surface area contributed by atoms with Crippen molar-refractivity contribution in [1.29, 1.82) is 0 Å². The predicted molar refractivity (Wildman–Crippen MR) is 78.9 cm³/mol. The summed E-state index contributed by atoms with van der Waals surface area (Å²) in [6.07, 6.45) is -4.43. The van der Waals surface area contributed by atoms with Gasteiger partial charge < -0.3 is 5.32 Å². The van der Waals surface area contributed by atoms with Crippen LogP contribution in [0, 0.1) is 0 Å². The fraction of sp³-hybridized carbons (Fsp3) is 0.500. The van der Waals surface area contributed by atoms with Gasteiger partial charge in [-0.25, -0.2) is 8.42 Å². The molecular formula is C14H17F3N2O3S. The lowest BCUT2D eigenvalue weighted by molar-refractivity contribution is -0.137. The summed E-state index contributed by atoms with van der Waals surface area (Å²) in [6.45, 7) is 1.67. The molecule has 0 saturated carbocycles. The first-order valence-electron chi connectivity index (χ1n) is 7.06. The van der Waals surface area contributed by atoms with Gasteiger partial charge in [0.2, 0.25) is 0 Å². The van der Waals surface area contributed by atoms with E-state index in [1.165, 1.54) is 0 Å². The molecule has 1 N–H and O–H groups in total. The van der Waals surface area contributed by atoms with Crippen LogP contribution in [-0.2, 0) is 16.0 Å². The van der Waals surface area contributed by atoms with Crippen molar-refractivity contribution in [3.8, 4) is 0 Å². The maximum Gasteiger partial charge on any atom is 0.416 e. The Morgan fingerprint density at radius 2 is 1.70 bits per heavy atom. The highest BCUT2D eigenvalue weighted by Gasteiger charge is 2.30. The van der Waals surface area contributed by atoms with E-state index in [-0.39, 0.29) is 17.1 Å². The fourth-order valence-electron chi connectivity index (χ4n) is 2.21. The van der Waals surface area contributed by atoms with Crippen LogP contribution in [0.1, 0.15) is 15.9 Å². The summed E-state index contributed by atoms with van der Waals surface area (Å²) in [5, 5.41) is 2.61. The summed E-state index contributed by atoms with van der Waals surface area (Å²) in [5.41, 5.74) is -0.650. The van der Waals surface area contributed by atoms with Gasteiger partial charge in [-0.15, -0.1) is 0 Å². The predicted octanol–water partition coefficient (Wildman–Crippen LogP) is 1.17. The van der Waals surface area contributed by atoms with E-state index < -0.39 is 27.5 Å². The van der Waals surface area contributed by atoms with Gasteiger partial charge in [0, 0.05) is 31.7 Å². The van der Waals surface area contributed by atoms with Gasteiger partial charge in [0.05, 0.1) is 17.1 Å². The number of rotatable bonds is 4. The molecule has 1 fully saturated rings. The third-order valence-electron chi connectivity index (χ3n) is 3.63. The van der Waals surface area contributed by atoms with E-state index in [0.717, 1.165) is 24.3 Å². The second-order valence-electron chi connectivity index (χ2n) is 5.32. The molecule has 5 nitrogen and oxygen atoms in total. The molecule has 9 heteroatoms. The molecule has 1 aromatic carbocycles. The van der Waals surface area contributed by atoms with E-state index in [1.807, 2.05) is 4.90 Å². The Balaban J connectivity index is 1.79. The zero-order valence-electron chi connectivity index (χ0n) is 12.3. The van der Waals surface area contributed by atoms with E-state index in [0.29, 0.717) is 26.2 Å². The maximum absolute atomic E-state index is 12.4. The van der Waals surface area contributed by atoms with Crippen molar-refractivity contribution in [1.82, 2.24) is 10.2 Å². The molecule has 1 saturated heterocycles. The molecule has 0 radical (unpaired) electrons. The Labute approximate surface area is 132 Å². The van der Waals surface area contributed by atoms with Crippen molar-refractivity contribution in [2.24, 2.45) is 0 Å². The highest BCUT2D eigenvalue weighted by atomic mass is 32.2. The van der Waals surface area contributed by atoms with Crippen molar-refractivity contribution >= 4 is 15.7 Å². The quantitative estimate of drug-likeness (QED) is 0.885. The van der Waals surface area contributed by atoms with E-state index in [9.17, 15) is 26.4 Å². The number of nitrogens with zero attached hydrogens (tertiary/aromatic N) is 1. The van der Waals surface area contributed by atoms with Gasteiger partial charge in [-0.2, -0.15) is 13.2 Å². The van der Waals surface area contributed by atoms with Gasteiger partial charge in [-0.1, -0.05) is 0 Å². The van der Waals surface area contributed by atoms with Crippen LogP contribution >= 0.6 is 0 Å². The molecule has 1 aliphatic rings. The van der Waals surface area contributed by atoms with Crippen molar-refractivity contribution < 1.29 is 26.4 Å². The zero-order chi connectivity index (χ0) is 17.1. The van der Waals surface area contributed by atoms with Gasteiger partial charge in [-0.05, 0) is 24.3 Å². The van der Waals surface area contributed by atoms with Crippen LogP contribution in [0.15, 0.2) is 24.3 Å². The minimum absolute atomic E-state index is 0.111. The third kappa shape index (κ3) is 5.21. The van der Waals surface area contributed by atoms with Crippen LogP contribution < -0.4 is 5.32 Å². The van der Waals surface area contributed by atoms with E-state index in [2.05, 4.69) is 5.32 Å². The van der Waals surface area contributed by atoms with Crippen LogP contribution in [0.5, 0.6) is 0 Å². The topological polar surface area (TPSA) is 66.5 Å². The average Bonchev–Trinajstić information content (AvgIpc) is 2.48. The normalized spacial score (nSPS) is 18.6. The van der Waals surface area contributed by atoms with Gasteiger partial charge in [-0.3, -0.25) is 9.69 Å². The van der Waals surface area contributed by atoms with Crippen LogP contribution in [0.4, 0.5) is 13.2 Å². The maximum atomic E-state index is 12.4. The Bertz CT molecular complexity index is 643. The lowest BCUT2D eigenvalue weighted by Gasteiger charge is -2.26. The smallest absolute Gasteiger partial charge is 0.351 e. The molecule has 0 spiro atoms. The van der Waals surface area contributed by atoms with Crippen LogP contribution in [0.2, 0.25) is 0 Å². The number of carbonyl (C=O) groups excluding carboxylic acids is 1. The molecule has 128 valence electrons. The van der Waals surface area contributed by atoms with Crippen molar-refractivity contribution in [2.75, 3.05) is 37.7 Å². The van der Waals surface area contributed by atoms with Crippen molar-refractivity contribution in [3.05, 3.63) is 35.4 Å². The molecule has 1 amide bonds. The molecule has 2 rings (SSSR count). The monoisotopic (exact) mass is 350 g/mol. The average molecular weight is 350 g/mol. The van der Waals surface area contributed by atoms with E-state index >= 15 is 0 Å². The number of benzene rings is 1. The number of hydrogen-bond donors (Lipinski definition) is 1. The first-order chi connectivity index (χ1) is 10.7. The Kier molecular flexibility index (Phi) is 5.30. The molecule has 0 unspecified atom stereocenters. The van der Waals surface area contributed by atoms with Gasteiger partial charge in [0.25, 0.3) is 5.91 Å². The van der Waals surface area contributed by atoms with Crippen LogP contribution in [-0.4, -0.2) is 56.9 Å². The molecule has 0 aromatic heterocycles. The van der Waals surface area contributed by atoms with Crippen molar-refractivity contribution in [3.63, 3.8) is 0 Å². The lowest BCUT2D eigenvalue weighted by Crippen LogP contribution is -2.43. The highest BCUT2D eigenvalue weighted by Crippen LogP contribution is 2.29. The summed E-state index contributed by atoms with van der Waals surface area (Å²) in [5.74, 6) is -0.233. The molecule has 1 aliphatic heterocycles. The number of alkyl halides is 3. The second-order valence-corrected chi connectivity index (χ2v) is 7.63. The number of sulfone groups is 1. The minimum Gasteiger partial charge on any atom is -0.351 e. The van der Waals surface area contributed by atoms with Crippen molar-refractivity contribution in [2.45, 2.75) is 6.18 Å². The van der Waals surface area contributed by atoms with Crippen LogP contribution in [0.25, 0.3) is 0 Å². The largest absolute Gasteiger partial charge is 0.416 e. The third-order valence-corrected chi connectivity index (χ3v) is 5.23. The molecule has 0 aliphatic carbocycles. The first kappa shape index (κ1) is 17.7. The number of nitrogens with one attached hydrogen (secondary N) is 1. The molecule has 0 bridgehead atoms. The summed E-state index contributed by atoms with van der Waals surface area (Å²) in [4.78, 5) is 13.8. The van der Waals surface area contributed by atoms with E-state index in [4.69, 9.17) is 0 Å². The molecule has 23 heavy (non-hydrogen) atoms. The van der Waals surface area contributed by atoms with Gasteiger partial charge in [0.15, 0.2) is 9.84 Å². The van der Waals surface area contributed by atoms with Crippen LogP contribution in [0.3, 0.4) is 0 Å². The van der Waals surface area contributed by atoms with Gasteiger partial charge in [0.1, 0.15) is 0 Å². The summed E-state index contributed by atoms with van der Waals surface area (Å²) >= 11 is 0.